The maximum atomic E-state index is 4.63. The van der Waals surface area contributed by atoms with E-state index >= 15 is 0 Å². The highest BCUT2D eigenvalue weighted by atomic mass is 15.2. The monoisotopic (exact) mass is 248 g/mol. The van der Waals surface area contributed by atoms with E-state index in [0.717, 1.165) is 23.0 Å². The summed E-state index contributed by atoms with van der Waals surface area (Å²) >= 11 is 0. The lowest BCUT2D eigenvalue weighted by Gasteiger charge is -2.24. The molecule has 1 heterocycles. The average Bonchev–Trinajstić information content (AvgIpc) is 2.34. The Morgan fingerprint density at radius 2 is 1.72 bits per heavy atom. The molecule has 18 heavy (non-hydrogen) atoms. The van der Waals surface area contributed by atoms with Crippen LogP contribution in [-0.2, 0) is 0 Å². The summed E-state index contributed by atoms with van der Waals surface area (Å²) in [6.45, 7) is 4.13. The van der Waals surface area contributed by atoms with Gasteiger partial charge in [0.25, 0.3) is 0 Å². The third-order valence-corrected chi connectivity index (χ3v) is 3.73. The van der Waals surface area contributed by atoms with Gasteiger partial charge in [-0.15, -0.1) is 0 Å². The highest BCUT2D eigenvalue weighted by Gasteiger charge is 2.16. The fourth-order valence-corrected chi connectivity index (χ4v) is 2.54. The number of rotatable bonds is 3. The highest BCUT2D eigenvalue weighted by Crippen LogP contribution is 2.23. The van der Waals surface area contributed by atoms with Crippen molar-refractivity contribution in [2.75, 3.05) is 24.3 Å². The van der Waals surface area contributed by atoms with Gasteiger partial charge < -0.3 is 10.2 Å². The maximum Gasteiger partial charge on any atom is 0.225 e. The maximum absolute atomic E-state index is 4.63. The first-order chi connectivity index (χ1) is 8.58. The Labute approximate surface area is 110 Å². The lowest BCUT2D eigenvalue weighted by atomic mass is 9.96. The Bertz CT molecular complexity index is 409. The summed E-state index contributed by atoms with van der Waals surface area (Å²) in [5, 5.41) is 3.50. The van der Waals surface area contributed by atoms with Gasteiger partial charge in [0.15, 0.2) is 0 Å². The second kappa shape index (κ2) is 5.55. The van der Waals surface area contributed by atoms with Crippen LogP contribution in [0.2, 0.25) is 0 Å². The van der Waals surface area contributed by atoms with E-state index in [1.165, 1.54) is 32.1 Å². The number of aromatic nitrogens is 2. The Morgan fingerprint density at radius 1 is 1.06 bits per heavy atom. The SMILES string of the molecule is Cc1nc(NC2CCCCC2)nc(N(C)C)c1C. The van der Waals surface area contributed by atoms with Gasteiger partial charge in [0, 0.05) is 31.4 Å². The van der Waals surface area contributed by atoms with Gasteiger partial charge in [-0.1, -0.05) is 19.3 Å². The molecule has 4 nitrogen and oxygen atoms in total. The van der Waals surface area contributed by atoms with Crippen LogP contribution in [0.15, 0.2) is 0 Å². The van der Waals surface area contributed by atoms with E-state index in [9.17, 15) is 0 Å². The largest absolute Gasteiger partial charge is 0.362 e. The molecule has 0 saturated heterocycles. The summed E-state index contributed by atoms with van der Waals surface area (Å²) < 4.78 is 0. The molecule has 100 valence electrons. The molecule has 0 amide bonds. The smallest absolute Gasteiger partial charge is 0.225 e. The minimum Gasteiger partial charge on any atom is -0.362 e. The summed E-state index contributed by atoms with van der Waals surface area (Å²) in [6.07, 6.45) is 6.50. The molecule has 0 radical (unpaired) electrons. The third-order valence-electron chi connectivity index (χ3n) is 3.73. The number of nitrogens with one attached hydrogen (secondary N) is 1. The molecule has 1 aliphatic carbocycles. The van der Waals surface area contributed by atoms with Crippen molar-refractivity contribution >= 4 is 11.8 Å². The molecule has 1 aromatic heterocycles. The Hall–Kier alpha value is -1.32. The van der Waals surface area contributed by atoms with Crippen LogP contribution >= 0.6 is 0 Å². The molecule has 1 aliphatic rings. The topological polar surface area (TPSA) is 41.1 Å². The predicted octanol–water partition coefficient (Wildman–Crippen LogP) is 2.90. The van der Waals surface area contributed by atoms with Crippen LogP contribution in [0, 0.1) is 13.8 Å². The standard InChI is InChI=1S/C14H24N4/c1-10-11(2)15-14(17-13(10)18(3)4)16-12-8-6-5-7-9-12/h12H,5-9H2,1-4H3,(H,15,16,17). The Morgan fingerprint density at radius 3 is 2.33 bits per heavy atom. The summed E-state index contributed by atoms with van der Waals surface area (Å²) in [5.74, 6) is 1.80. The van der Waals surface area contributed by atoms with Crippen LogP contribution in [0.3, 0.4) is 0 Å². The van der Waals surface area contributed by atoms with Crippen LogP contribution in [0.1, 0.15) is 43.4 Å². The Kier molecular flexibility index (Phi) is 4.04. The lowest BCUT2D eigenvalue weighted by molar-refractivity contribution is 0.460. The third kappa shape index (κ3) is 2.92. The molecule has 1 fully saturated rings. The summed E-state index contributed by atoms with van der Waals surface area (Å²) in [7, 11) is 4.05. The van der Waals surface area contributed by atoms with Gasteiger partial charge in [0.1, 0.15) is 5.82 Å². The van der Waals surface area contributed by atoms with Crippen molar-refractivity contribution < 1.29 is 0 Å². The zero-order chi connectivity index (χ0) is 13.1. The molecular formula is C14H24N4. The van der Waals surface area contributed by atoms with Gasteiger partial charge in [0.2, 0.25) is 5.95 Å². The summed E-state index contributed by atoms with van der Waals surface area (Å²) in [4.78, 5) is 11.2. The van der Waals surface area contributed by atoms with Crippen LogP contribution in [0.25, 0.3) is 0 Å². The van der Waals surface area contributed by atoms with Crippen molar-refractivity contribution in [2.45, 2.75) is 52.0 Å². The molecule has 1 saturated carbocycles. The molecule has 0 atom stereocenters. The molecule has 0 aliphatic heterocycles. The number of hydrogen-bond acceptors (Lipinski definition) is 4. The molecule has 0 bridgehead atoms. The van der Waals surface area contributed by atoms with E-state index in [-0.39, 0.29) is 0 Å². The van der Waals surface area contributed by atoms with Crippen molar-refractivity contribution in [1.29, 1.82) is 0 Å². The van der Waals surface area contributed by atoms with Crippen LogP contribution in [0.4, 0.5) is 11.8 Å². The van der Waals surface area contributed by atoms with E-state index in [1.54, 1.807) is 0 Å². The van der Waals surface area contributed by atoms with Crippen molar-refractivity contribution in [3.8, 4) is 0 Å². The number of anilines is 2. The highest BCUT2D eigenvalue weighted by molar-refractivity contribution is 5.50. The van der Waals surface area contributed by atoms with Gasteiger partial charge in [-0.25, -0.2) is 4.98 Å². The summed E-state index contributed by atoms with van der Waals surface area (Å²) in [5.41, 5.74) is 2.22. The van der Waals surface area contributed by atoms with Gasteiger partial charge in [-0.2, -0.15) is 4.98 Å². The average molecular weight is 248 g/mol. The van der Waals surface area contributed by atoms with Gasteiger partial charge >= 0.3 is 0 Å². The molecular weight excluding hydrogens is 224 g/mol. The normalized spacial score (nSPS) is 16.7. The first-order valence-electron chi connectivity index (χ1n) is 6.87. The van der Waals surface area contributed by atoms with Crippen molar-refractivity contribution in [3.05, 3.63) is 11.3 Å². The lowest BCUT2D eigenvalue weighted by Crippen LogP contribution is -2.24. The van der Waals surface area contributed by atoms with E-state index in [1.807, 2.05) is 14.1 Å². The van der Waals surface area contributed by atoms with Gasteiger partial charge in [-0.05, 0) is 26.7 Å². The number of nitrogens with zero attached hydrogens (tertiary/aromatic N) is 3. The fraction of sp³-hybridized carbons (Fsp3) is 0.714. The van der Waals surface area contributed by atoms with Gasteiger partial charge in [0.05, 0.1) is 0 Å². The molecule has 0 unspecified atom stereocenters. The fourth-order valence-electron chi connectivity index (χ4n) is 2.54. The first-order valence-corrected chi connectivity index (χ1v) is 6.87. The van der Waals surface area contributed by atoms with E-state index in [4.69, 9.17) is 0 Å². The Balaban J connectivity index is 2.17. The van der Waals surface area contributed by atoms with Crippen molar-refractivity contribution in [1.82, 2.24) is 9.97 Å². The zero-order valence-corrected chi connectivity index (χ0v) is 12.0. The van der Waals surface area contributed by atoms with E-state index in [0.29, 0.717) is 6.04 Å². The second-order valence-corrected chi connectivity index (χ2v) is 5.45. The first kappa shape index (κ1) is 13.1. The molecule has 0 aromatic carbocycles. The number of hydrogen-bond donors (Lipinski definition) is 1. The van der Waals surface area contributed by atoms with Crippen molar-refractivity contribution in [3.63, 3.8) is 0 Å². The minimum atomic E-state index is 0.552. The summed E-state index contributed by atoms with van der Waals surface area (Å²) in [6, 6.07) is 0.552. The molecule has 1 N–H and O–H groups in total. The minimum absolute atomic E-state index is 0.552. The van der Waals surface area contributed by atoms with E-state index < -0.39 is 0 Å². The van der Waals surface area contributed by atoms with E-state index in [2.05, 4.69) is 34.0 Å². The van der Waals surface area contributed by atoms with Crippen LogP contribution in [-0.4, -0.2) is 30.1 Å². The molecule has 0 spiro atoms. The second-order valence-electron chi connectivity index (χ2n) is 5.45. The van der Waals surface area contributed by atoms with Crippen LogP contribution < -0.4 is 10.2 Å². The molecule has 1 aromatic rings. The van der Waals surface area contributed by atoms with Crippen LogP contribution in [0.5, 0.6) is 0 Å². The number of aryl methyl sites for hydroxylation is 1. The zero-order valence-electron chi connectivity index (χ0n) is 12.0. The van der Waals surface area contributed by atoms with Gasteiger partial charge in [-0.3, -0.25) is 0 Å². The quantitative estimate of drug-likeness (QED) is 0.893. The van der Waals surface area contributed by atoms with Crippen molar-refractivity contribution in [2.24, 2.45) is 0 Å². The molecule has 2 rings (SSSR count). The molecule has 4 heteroatoms. The predicted molar refractivity (Wildman–Crippen MR) is 76.3 cm³/mol.